The first-order valence-electron chi connectivity index (χ1n) is 5.63. The first-order valence-corrected chi connectivity index (χ1v) is 7.11. The molecule has 1 aliphatic heterocycles. The molecule has 96 valence electrons. The average molecular weight is 258 g/mol. The fourth-order valence-electron chi connectivity index (χ4n) is 1.88. The highest BCUT2D eigenvalue weighted by molar-refractivity contribution is 7.89. The zero-order chi connectivity index (χ0) is 12.6. The van der Waals surface area contributed by atoms with Crippen LogP contribution in [0.2, 0.25) is 0 Å². The van der Waals surface area contributed by atoms with Gasteiger partial charge in [-0.1, -0.05) is 6.92 Å². The Bertz CT molecular complexity index is 489. The van der Waals surface area contributed by atoms with Gasteiger partial charge < -0.3 is 9.88 Å². The molecule has 0 bridgehead atoms. The normalized spacial score (nSPS) is 25.4. The number of hydrogen-bond acceptors (Lipinski definition) is 4. The van der Waals surface area contributed by atoms with Gasteiger partial charge in [0.25, 0.3) is 10.0 Å². The number of sulfonamides is 1. The Labute approximate surface area is 101 Å². The number of aromatic nitrogens is 2. The molecular weight excluding hydrogens is 240 g/mol. The molecule has 2 unspecified atom stereocenters. The Morgan fingerprint density at radius 1 is 1.53 bits per heavy atom. The predicted molar refractivity (Wildman–Crippen MR) is 64.1 cm³/mol. The standard InChI is InChI=1S/C10H18N4O2S/c1-7-4-11-5-9(7)13-17(15,16)10-6-14(3)8(2)12-10/h6-7,9,11,13H,4-5H2,1-3H3. The van der Waals surface area contributed by atoms with Gasteiger partial charge in [0.15, 0.2) is 5.03 Å². The topological polar surface area (TPSA) is 76.0 Å². The van der Waals surface area contributed by atoms with Crippen molar-refractivity contribution in [2.75, 3.05) is 13.1 Å². The van der Waals surface area contributed by atoms with E-state index in [1.807, 2.05) is 6.92 Å². The van der Waals surface area contributed by atoms with Gasteiger partial charge in [-0.25, -0.2) is 18.1 Å². The van der Waals surface area contributed by atoms with Crippen LogP contribution in [0.4, 0.5) is 0 Å². The van der Waals surface area contributed by atoms with E-state index in [2.05, 4.69) is 15.0 Å². The Balaban J connectivity index is 2.19. The summed E-state index contributed by atoms with van der Waals surface area (Å²) in [6.07, 6.45) is 1.53. The Hall–Kier alpha value is -0.920. The zero-order valence-corrected chi connectivity index (χ0v) is 11.1. The summed E-state index contributed by atoms with van der Waals surface area (Å²) >= 11 is 0. The predicted octanol–water partition coefficient (Wildman–Crippen LogP) is -0.385. The summed E-state index contributed by atoms with van der Waals surface area (Å²) in [5.41, 5.74) is 0. The van der Waals surface area contributed by atoms with Gasteiger partial charge in [-0.3, -0.25) is 0 Å². The third-order valence-corrected chi connectivity index (χ3v) is 4.55. The molecule has 0 radical (unpaired) electrons. The number of nitrogens with zero attached hydrogens (tertiary/aromatic N) is 2. The van der Waals surface area contributed by atoms with Crippen molar-refractivity contribution in [3.8, 4) is 0 Å². The smallest absolute Gasteiger partial charge is 0.259 e. The van der Waals surface area contributed by atoms with Crippen LogP contribution >= 0.6 is 0 Å². The van der Waals surface area contributed by atoms with Crippen molar-refractivity contribution >= 4 is 10.0 Å². The van der Waals surface area contributed by atoms with Gasteiger partial charge in [-0.15, -0.1) is 0 Å². The minimum absolute atomic E-state index is 0.0534. The number of rotatable bonds is 3. The maximum Gasteiger partial charge on any atom is 0.259 e. The van der Waals surface area contributed by atoms with Gasteiger partial charge in [0, 0.05) is 25.8 Å². The van der Waals surface area contributed by atoms with Crippen LogP contribution in [0.3, 0.4) is 0 Å². The second-order valence-electron chi connectivity index (χ2n) is 4.60. The largest absolute Gasteiger partial charge is 0.337 e. The molecule has 1 aromatic rings. The quantitative estimate of drug-likeness (QED) is 0.774. The molecule has 2 heterocycles. The number of nitrogens with one attached hydrogen (secondary N) is 2. The van der Waals surface area contributed by atoms with Crippen molar-refractivity contribution in [1.29, 1.82) is 0 Å². The van der Waals surface area contributed by atoms with E-state index in [1.54, 1.807) is 18.5 Å². The van der Waals surface area contributed by atoms with Crippen LogP contribution in [-0.4, -0.2) is 37.1 Å². The molecular formula is C10H18N4O2S. The molecule has 0 spiro atoms. The van der Waals surface area contributed by atoms with Crippen molar-refractivity contribution in [3.63, 3.8) is 0 Å². The molecule has 0 aromatic carbocycles. The summed E-state index contributed by atoms with van der Waals surface area (Å²) in [5, 5.41) is 3.25. The summed E-state index contributed by atoms with van der Waals surface area (Å²) in [4.78, 5) is 4.04. The molecule has 2 atom stereocenters. The molecule has 0 amide bonds. The summed E-state index contributed by atoms with van der Waals surface area (Å²) < 4.78 is 28.6. The molecule has 0 aliphatic carbocycles. The first-order chi connectivity index (χ1) is 7.90. The maximum atomic E-state index is 12.1. The van der Waals surface area contributed by atoms with Crippen LogP contribution in [0.15, 0.2) is 11.2 Å². The lowest BCUT2D eigenvalue weighted by Crippen LogP contribution is -2.39. The molecule has 1 fully saturated rings. The van der Waals surface area contributed by atoms with Crippen LogP contribution in [0.5, 0.6) is 0 Å². The van der Waals surface area contributed by atoms with E-state index < -0.39 is 10.0 Å². The van der Waals surface area contributed by atoms with Crippen molar-refractivity contribution in [3.05, 3.63) is 12.0 Å². The third kappa shape index (κ3) is 2.51. The lowest BCUT2D eigenvalue weighted by Gasteiger charge is -2.15. The van der Waals surface area contributed by atoms with Gasteiger partial charge in [0.05, 0.1) is 0 Å². The molecule has 6 nitrogen and oxygen atoms in total. The molecule has 1 saturated heterocycles. The summed E-state index contributed by atoms with van der Waals surface area (Å²) in [6, 6.07) is -0.0534. The van der Waals surface area contributed by atoms with Crippen LogP contribution in [-0.2, 0) is 17.1 Å². The van der Waals surface area contributed by atoms with Gasteiger partial charge in [0.1, 0.15) is 5.82 Å². The number of hydrogen-bond donors (Lipinski definition) is 2. The lowest BCUT2D eigenvalue weighted by molar-refractivity contribution is 0.501. The van der Waals surface area contributed by atoms with E-state index in [0.717, 1.165) is 6.54 Å². The molecule has 1 aliphatic rings. The van der Waals surface area contributed by atoms with Crippen molar-refractivity contribution in [1.82, 2.24) is 19.6 Å². The van der Waals surface area contributed by atoms with E-state index in [9.17, 15) is 8.42 Å². The van der Waals surface area contributed by atoms with Crippen LogP contribution in [0.25, 0.3) is 0 Å². The molecule has 1 aromatic heterocycles. The van der Waals surface area contributed by atoms with E-state index >= 15 is 0 Å². The maximum absolute atomic E-state index is 12.1. The van der Waals surface area contributed by atoms with Crippen molar-refractivity contribution in [2.24, 2.45) is 13.0 Å². The number of aryl methyl sites for hydroxylation is 2. The molecule has 0 saturated carbocycles. The van der Waals surface area contributed by atoms with E-state index in [0.29, 0.717) is 18.3 Å². The highest BCUT2D eigenvalue weighted by atomic mass is 32.2. The van der Waals surface area contributed by atoms with E-state index in [4.69, 9.17) is 0 Å². The highest BCUT2D eigenvalue weighted by Crippen LogP contribution is 2.13. The second kappa shape index (κ2) is 4.40. The van der Waals surface area contributed by atoms with Crippen LogP contribution in [0.1, 0.15) is 12.7 Å². The third-order valence-electron chi connectivity index (χ3n) is 3.19. The second-order valence-corrected chi connectivity index (χ2v) is 6.26. The van der Waals surface area contributed by atoms with E-state index in [-0.39, 0.29) is 11.1 Å². The SMILES string of the molecule is Cc1nc(S(=O)(=O)NC2CNCC2C)cn1C. The Kier molecular flexibility index (Phi) is 3.24. The van der Waals surface area contributed by atoms with Gasteiger partial charge in [-0.2, -0.15) is 0 Å². The summed E-state index contributed by atoms with van der Waals surface area (Å²) in [7, 11) is -1.72. The first kappa shape index (κ1) is 12.5. The molecule has 7 heteroatoms. The minimum Gasteiger partial charge on any atom is -0.337 e. The molecule has 2 N–H and O–H groups in total. The molecule has 17 heavy (non-hydrogen) atoms. The van der Waals surface area contributed by atoms with Gasteiger partial charge in [-0.05, 0) is 19.4 Å². The Morgan fingerprint density at radius 3 is 2.71 bits per heavy atom. The van der Waals surface area contributed by atoms with Crippen molar-refractivity contribution < 1.29 is 8.42 Å². The van der Waals surface area contributed by atoms with Crippen molar-refractivity contribution in [2.45, 2.75) is 24.9 Å². The fourth-order valence-corrected chi connectivity index (χ4v) is 3.27. The summed E-state index contributed by atoms with van der Waals surface area (Å²) in [5.74, 6) is 0.984. The zero-order valence-electron chi connectivity index (χ0n) is 10.3. The van der Waals surface area contributed by atoms with Gasteiger partial charge in [0.2, 0.25) is 0 Å². The molecule has 2 rings (SSSR count). The monoisotopic (exact) mass is 258 g/mol. The van der Waals surface area contributed by atoms with Crippen LogP contribution in [0, 0.1) is 12.8 Å². The number of imidazole rings is 1. The minimum atomic E-state index is -3.50. The Morgan fingerprint density at radius 2 is 2.24 bits per heavy atom. The van der Waals surface area contributed by atoms with E-state index in [1.165, 1.54) is 6.20 Å². The highest BCUT2D eigenvalue weighted by Gasteiger charge is 2.29. The summed E-state index contributed by atoms with van der Waals surface area (Å²) in [6.45, 7) is 5.32. The van der Waals surface area contributed by atoms with Gasteiger partial charge >= 0.3 is 0 Å². The lowest BCUT2D eigenvalue weighted by atomic mass is 10.1. The van der Waals surface area contributed by atoms with Crippen LogP contribution < -0.4 is 10.0 Å². The average Bonchev–Trinajstić information content (AvgIpc) is 2.76. The fraction of sp³-hybridized carbons (Fsp3) is 0.700.